The molecule has 0 unspecified atom stereocenters. The molecule has 25 heavy (non-hydrogen) atoms. The van der Waals surface area contributed by atoms with Crippen LogP contribution in [0.15, 0.2) is 41.3 Å². The number of anilines is 2. The van der Waals surface area contributed by atoms with Crippen LogP contribution in [0.2, 0.25) is 0 Å². The highest BCUT2D eigenvalue weighted by Crippen LogP contribution is 2.32. The zero-order valence-corrected chi connectivity index (χ0v) is 15.1. The van der Waals surface area contributed by atoms with Crippen LogP contribution in [-0.2, 0) is 4.79 Å². The van der Waals surface area contributed by atoms with Crippen LogP contribution in [0.1, 0.15) is 22.3 Å². The smallest absolute Gasteiger partial charge is 0.257 e. The molecule has 3 aromatic rings. The normalized spacial score (nSPS) is 13.9. The molecule has 0 spiro atoms. The molecule has 0 atom stereocenters. The molecular weight excluding hydrogens is 354 g/mol. The van der Waals surface area contributed by atoms with E-state index in [0.717, 1.165) is 26.4 Å². The minimum absolute atomic E-state index is 0.0227. The summed E-state index contributed by atoms with van der Waals surface area (Å²) in [6.45, 7) is 2.00. The number of carbonyl (C=O) groups is 2. The first-order valence-electron chi connectivity index (χ1n) is 7.84. The van der Waals surface area contributed by atoms with Crippen molar-refractivity contribution in [1.82, 2.24) is 4.98 Å². The van der Waals surface area contributed by atoms with Gasteiger partial charge in [-0.1, -0.05) is 23.5 Å². The lowest BCUT2D eigenvalue weighted by molar-refractivity contribution is -0.115. The van der Waals surface area contributed by atoms with Gasteiger partial charge >= 0.3 is 0 Å². The van der Waals surface area contributed by atoms with Crippen molar-refractivity contribution in [1.29, 1.82) is 0 Å². The van der Waals surface area contributed by atoms with E-state index in [0.29, 0.717) is 22.8 Å². The minimum atomic E-state index is -0.233. The molecule has 7 heteroatoms. The summed E-state index contributed by atoms with van der Waals surface area (Å²) in [6.07, 6.45) is 0.478. The number of rotatable bonds is 2. The summed E-state index contributed by atoms with van der Waals surface area (Å²) in [4.78, 5) is 29.8. The molecule has 2 N–H and O–H groups in total. The van der Waals surface area contributed by atoms with Crippen molar-refractivity contribution in [2.45, 2.75) is 18.2 Å². The number of carbonyl (C=O) groups excluding carboxylic acids is 2. The van der Waals surface area contributed by atoms with E-state index in [1.807, 2.05) is 31.2 Å². The Morgan fingerprint density at radius 1 is 1.28 bits per heavy atom. The lowest BCUT2D eigenvalue weighted by atomic mass is 10.2. The number of benzene rings is 2. The molecule has 0 radical (unpaired) electrons. The van der Waals surface area contributed by atoms with E-state index in [2.05, 4.69) is 15.6 Å². The summed E-state index contributed by atoms with van der Waals surface area (Å²) < 4.78 is 1.04. The summed E-state index contributed by atoms with van der Waals surface area (Å²) in [5.41, 5.74) is 3.19. The highest BCUT2D eigenvalue weighted by atomic mass is 32.2. The average molecular weight is 369 g/mol. The van der Waals surface area contributed by atoms with Crippen molar-refractivity contribution in [3.05, 3.63) is 47.5 Å². The second-order valence-corrected chi connectivity index (χ2v) is 7.92. The van der Waals surface area contributed by atoms with E-state index in [1.165, 1.54) is 11.3 Å². The van der Waals surface area contributed by atoms with Gasteiger partial charge in [0.1, 0.15) is 0 Å². The van der Waals surface area contributed by atoms with Gasteiger partial charge < -0.3 is 5.32 Å². The molecule has 126 valence electrons. The molecule has 0 fully saturated rings. The van der Waals surface area contributed by atoms with Crippen molar-refractivity contribution in [3.63, 3.8) is 0 Å². The molecular formula is C18H15N3O2S2. The molecule has 0 saturated heterocycles. The lowest BCUT2D eigenvalue weighted by Crippen LogP contribution is -2.14. The fraction of sp³-hybridized carbons (Fsp3) is 0.167. The monoisotopic (exact) mass is 369 g/mol. The Morgan fingerprint density at radius 3 is 3.00 bits per heavy atom. The topological polar surface area (TPSA) is 71.1 Å². The third kappa shape index (κ3) is 3.25. The predicted octanol–water partition coefficient (Wildman–Crippen LogP) is 4.29. The number of hydrogen-bond acceptors (Lipinski definition) is 5. The van der Waals surface area contributed by atoms with Gasteiger partial charge in [0.25, 0.3) is 5.91 Å². The lowest BCUT2D eigenvalue weighted by Gasteiger charge is -2.08. The highest BCUT2D eigenvalue weighted by molar-refractivity contribution is 7.99. The van der Waals surface area contributed by atoms with Gasteiger partial charge in [-0.05, 0) is 36.8 Å². The Balaban J connectivity index is 1.60. The third-order valence-corrected chi connectivity index (χ3v) is 5.96. The zero-order valence-electron chi connectivity index (χ0n) is 13.5. The maximum Gasteiger partial charge on any atom is 0.257 e. The number of para-hydroxylation sites is 1. The van der Waals surface area contributed by atoms with E-state index in [4.69, 9.17) is 0 Å². The molecule has 0 saturated carbocycles. The van der Waals surface area contributed by atoms with Crippen LogP contribution in [-0.4, -0.2) is 22.6 Å². The Morgan fingerprint density at radius 2 is 2.16 bits per heavy atom. The first-order chi connectivity index (χ1) is 12.1. The van der Waals surface area contributed by atoms with Gasteiger partial charge in [-0.25, -0.2) is 4.98 Å². The van der Waals surface area contributed by atoms with Crippen LogP contribution in [0.25, 0.3) is 10.2 Å². The number of nitrogens with zero attached hydrogens (tertiary/aromatic N) is 1. The van der Waals surface area contributed by atoms with E-state index in [-0.39, 0.29) is 11.8 Å². The van der Waals surface area contributed by atoms with Crippen molar-refractivity contribution in [3.8, 4) is 0 Å². The fourth-order valence-electron chi connectivity index (χ4n) is 2.67. The summed E-state index contributed by atoms with van der Waals surface area (Å²) in [6, 6.07) is 11.3. The molecule has 2 amide bonds. The number of fused-ring (bicyclic) bond motifs is 2. The average Bonchev–Trinajstić information content (AvgIpc) is 2.90. The SMILES string of the molecule is Cc1cccc2sc(NC(=O)c3ccc4c(c3)NC(=O)CCS4)nc12. The maximum absolute atomic E-state index is 12.6. The summed E-state index contributed by atoms with van der Waals surface area (Å²) in [5.74, 6) is 0.489. The van der Waals surface area contributed by atoms with E-state index in [9.17, 15) is 9.59 Å². The van der Waals surface area contributed by atoms with Crippen molar-refractivity contribution in [2.24, 2.45) is 0 Å². The van der Waals surface area contributed by atoms with Crippen molar-refractivity contribution < 1.29 is 9.59 Å². The van der Waals surface area contributed by atoms with E-state index < -0.39 is 0 Å². The second kappa shape index (κ2) is 6.50. The Bertz CT molecular complexity index is 997. The fourth-order valence-corrected chi connectivity index (χ4v) is 4.55. The minimum Gasteiger partial charge on any atom is -0.325 e. The molecule has 0 bridgehead atoms. The number of thioether (sulfide) groups is 1. The van der Waals surface area contributed by atoms with Gasteiger partial charge in [0.05, 0.1) is 15.9 Å². The standard InChI is InChI=1S/C18H15N3O2S2/c1-10-3-2-4-14-16(10)20-18(25-14)21-17(23)11-5-6-13-12(9-11)19-15(22)7-8-24-13/h2-6,9H,7-8H2,1H3,(H,19,22)(H,20,21,23). The molecule has 5 nitrogen and oxygen atoms in total. The second-order valence-electron chi connectivity index (χ2n) is 5.75. The molecule has 4 rings (SSSR count). The first-order valence-corrected chi connectivity index (χ1v) is 9.64. The van der Waals surface area contributed by atoms with Gasteiger partial charge in [0, 0.05) is 22.6 Å². The third-order valence-electron chi connectivity index (χ3n) is 3.94. The Kier molecular flexibility index (Phi) is 4.19. The van der Waals surface area contributed by atoms with Crippen LogP contribution in [0.4, 0.5) is 10.8 Å². The van der Waals surface area contributed by atoms with Gasteiger partial charge in [-0.2, -0.15) is 0 Å². The van der Waals surface area contributed by atoms with Crippen LogP contribution >= 0.6 is 23.1 Å². The largest absolute Gasteiger partial charge is 0.325 e. The summed E-state index contributed by atoms with van der Waals surface area (Å²) in [5, 5.41) is 6.29. The molecule has 2 heterocycles. The summed E-state index contributed by atoms with van der Waals surface area (Å²) >= 11 is 3.07. The number of aromatic nitrogens is 1. The number of nitrogens with one attached hydrogen (secondary N) is 2. The van der Waals surface area contributed by atoms with Crippen LogP contribution in [0.3, 0.4) is 0 Å². The quantitative estimate of drug-likeness (QED) is 0.707. The number of hydrogen-bond donors (Lipinski definition) is 2. The van der Waals surface area contributed by atoms with Crippen LogP contribution < -0.4 is 10.6 Å². The van der Waals surface area contributed by atoms with Gasteiger partial charge in [-0.15, -0.1) is 11.8 Å². The molecule has 1 aromatic heterocycles. The molecule has 2 aromatic carbocycles. The number of amides is 2. The van der Waals surface area contributed by atoms with Crippen LogP contribution in [0, 0.1) is 6.92 Å². The van der Waals surface area contributed by atoms with E-state index in [1.54, 1.807) is 23.9 Å². The number of thiazole rings is 1. The number of aryl methyl sites for hydroxylation is 1. The van der Waals surface area contributed by atoms with Crippen LogP contribution in [0.5, 0.6) is 0 Å². The molecule has 0 aliphatic carbocycles. The van der Waals surface area contributed by atoms with Gasteiger partial charge in [-0.3, -0.25) is 14.9 Å². The van der Waals surface area contributed by atoms with E-state index >= 15 is 0 Å². The zero-order chi connectivity index (χ0) is 17.4. The molecule has 1 aliphatic rings. The Hall–Kier alpha value is -2.38. The van der Waals surface area contributed by atoms with Gasteiger partial charge in [0.15, 0.2) is 5.13 Å². The Labute approximate surface area is 152 Å². The molecule has 1 aliphatic heterocycles. The van der Waals surface area contributed by atoms with Gasteiger partial charge in [0.2, 0.25) is 5.91 Å². The highest BCUT2D eigenvalue weighted by Gasteiger charge is 2.17. The van der Waals surface area contributed by atoms with Crippen molar-refractivity contribution in [2.75, 3.05) is 16.4 Å². The van der Waals surface area contributed by atoms with Crippen molar-refractivity contribution >= 4 is 55.9 Å². The first kappa shape index (κ1) is 16.1. The summed E-state index contributed by atoms with van der Waals surface area (Å²) in [7, 11) is 0. The predicted molar refractivity (Wildman–Crippen MR) is 103 cm³/mol. The maximum atomic E-state index is 12.6.